The molecule has 0 radical (unpaired) electrons. The van der Waals surface area contributed by atoms with Gasteiger partial charge in [0.05, 0.1) is 17.8 Å². The number of rotatable bonds is 2. The molecule has 38 heavy (non-hydrogen) atoms. The number of nitrogens with zero attached hydrogens (tertiary/aromatic N) is 5. The van der Waals surface area contributed by atoms with E-state index in [1.807, 2.05) is 66.7 Å². The molecule has 9 rings (SSSR count). The molecule has 0 saturated heterocycles. The summed E-state index contributed by atoms with van der Waals surface area (Å²) in [6, 6.07) is 26.0. The minimum atomic E-state index is -0.766. The lowest BCUT2D eigenvalue weighted by atomic mass is 9.83. The first-order valence-corrected chi connectivity index (χ1v) is 12.4. The number of benzene rings is 3. The van der Waals surface area contributed by atoms with E-state index < -0.39 is 5.66 Å². The zero-order chi connectivity index (χ0) is 25.0. The van der Waals surface area contributed by atoms with Crippen LogP contribution < -0.4 is 18.7 Å². The number of fused-ring (bicyclic) bond motifs is 3. The summed E-state index contributed by atoms with van der Waals surface area (Å²) in [6.45, 7) is 2.05. The average molecular weight is 498 g/mol. The van der Waals surface area contributed by atoms with E-state index in [2.05, 4.69) is 61.8 Å². The molecule has 3 aromatic carbocycles. The van der Waals surface area contributed by atoms with Gasteiger partial charge in [0.2, 0.25) is 12.1 Å². The summed E-state index contributed by atoms with van der Waals surface area (Å²) in [5.74, 6) is 3.81. The van der Waals surface area contributed by atoms with Gasteiger partial charge in [0.25, 0.3) is 5.89 Å². The molecule has 3 aliphatic heterocycles. The Morgan fingerprint density at radius 1 is 0.789 bits per heavy atom. The van der Waals surface area contributed by atoms with Crippen molar-refractivity contribution >= 4 is 0 Å². The molecule has 3 aliphatic rings. The lowest BCUT2D eigenvalue weighted by molar-refractivity contribution is -0.997. The van der Waals surface area contributed by atoms with Gasteiger partial charge in [0.1, 0.15) is 11.4 Å². The third kappa shape index (κ3) is 2.22. The topological polar surface area (TPSA) is 70.1 Å². The number of aryl methyl sites for hydroxylation is 1. The normalized spacial score (nSPS) is 17.1. The summed E-state index contributed by atoms with van der Waals surface area (Å²) in [5, 5.41) is 8.86. The van der Waals surface area contributed by atoms with E-state index in [4.69, 9.17) is 13.9 Å². The van der Waals surface area contributed by atoms with Crippen molar-refractivity contribution in [3.05, 3.63) is 114 Å². The maximum atomic E-state index is 6.76. The standard InChI is InChI=1S/C30H19N5O3/c1-18-17-20-25-27(24(18)29-32-31-28(38-29)19-9-3-2-4-10-19)37-22-12-7-11-21-26(22)30(25,35-16-8-15-34(20)35)33-14-6-5-13-23(33)36-21/h2-17H,1H3/q+2. The van der Waals surface area contributed by atoms with Gasteiger partial charge in [-0.2, -0.15) is 0 Å². The van der Waals surface area contributed by atoms with Crippen molar-refractivity contribution in [2.75, 3.05) is 0 Å². The van der Waals surface area contributed by atoms with E-state index in [1.54, 1.807) is 0 Å². The lowest BCUT2D eigenvalue weighted by Gasteiger charge is -2.32. The molecule has 180 valence electrons. The van der Waals surface area contributed by atoms with Gasteiger partial charge in [0, 0.05) is 17.7 Å². The molecule has 0 saturated carbocycles. The van der Waals surface area contributed by atoms with Crippen molar-refractivity contribution in [3.8, 4) is 51.7 Å². The number of pyridine rings is 1. The number of hydrogen-bond donors (Lipinski definition) is 0. The van der Waals surface area contributed by atoms with E-state index in [0.717, 1.165) is 50.9 Å². The third-order valence-electron chi connectivity index (χ3n) is 7.67. The third-order valence-corrected chi connectivity index (χ3v) is 7.67. The van der Waals surface area contributed by atoms with E-state index in [9.17, 15) is 0 Å². The summed E-state index contributed by atoms with van der Waals surface area (Å²) in [4.78, 5) is 0. The highest BCUT2D eigenvalue weighted by Crippen LogP contribution is 2.57. The van der Waals surface area contributed by atoms with Gasteiger partial charge in [-0.15, -0.1) is 14.9 Å². The highest BCUT2D eigenvalue weighted by Gasteiger charge is 2.71. The molecule has 3 aromatic heterocycles. The summed E-state index contributed by atoms with van der Waals surface area (Å²) in [5.41, 5.74) is 4.83. The van der Waals surface area contributed by atoms with Crippen molar-refractivity contribution in [1.82, 2.24) is 14.9 Å². The summed E-state index contributed by atoms with van der Waals surface area (Å²) >= 11 is 0. The van der Waals surface area contributed by atoms with E-state index in [0.29, 0.717) is 17.5 Å². The average Bonchev–Trinajstić information content (AvgIpc) is 3.68. The van der Waals surface area contributed by atoms with Crippen molar-refractivity contribution in [2.45, 2.75) is 12.6 Å². The van der Waals surface area contributed by atoms with Crippen molar-refractivity contribution in [1.29, 1.82) is 0 Å². The first kappa shape index (κ1) is 19.9. The molecule has 1 atom stereocenters. The molecule has 0 bridgehead atoms. The van der Waals surface area contributed by atoms with Crippen molar-refractivity contribution in [3.63, 3.8) is 0 Å². The quantitative estimate of drug-likeness (QED) is 0.318. The van der Waals surface area contributed by atoms with Crippen LogP contribution in [0.4, 0.5) is 0 Å². The predicted molar refractivity (Wildman–Crippen MR) is 134 cm³/mol. The monoisotopic (exact) mass is 497 g/mol. The highest BCUT2D eigenvalue weighted by molar-refractivity contribution is 5.79. The van der Waals surface area contributed by atoms with E-state index in [1.165, 1.54) is 0 Å². The second-order valence-corrected chi connectivity index (χ2v) is 9.66. The van der Waals surface area contributed by atoms with Crippen LogP contribution in [0, 0.1) is 6.92 Å². The molecular weight excluding hydrogens is 478 g/mol. The zero-order valence-corrected chi connectivity index (χ0v) is 20.2. The molecule has 0 amide bonds. The Hall–Kier alpha value is -5.24. The van der Waals surface area contributed by atoms with Crippen LogP contribution in [-0.4, -0.2) is 14.9 Å². The lowest BCUT2D eigenvalue weighted by Crippen LogP contribution is -2.75. The van der Waals surface area contributed by atoms with Crippen LogP contribution in [0.5, 0.6) is 23.1 Å². The molecule has 0 aliphatic carbocycles. The fraction of sp³-hybridized carbons (Fsp3) is 0.0667. The van der Waals surface area contributed by atoms with Gasteiger partial charge in [-0.1, -0.05) is 28.8 Å². The second kappa shape index (κ2) is 6.74. The van der Waals surface area contributed by atoms with Crippen LogP contribution in [-0.2, 0) is 5.66 Å². The molecule has 1 unspecified atom stereocenters. The van der Waals surface area contributed by atoms with Gasteiger partial charge < -0.3 is 13.9 Å². The smallest absolute Gasteiger partial charge is 0.452 e. The Balaban J connectivity index is 1.40. The maximum Gasteiger partial charge on any atom is 0.452 e. The van der Waals surface area contributed by atoms with Crippen LogP contribution in [0.25, 0.3) is 28.6 Å². The summed E-state index contributed by atoms with van der Waals surface area (Å²) in [6.07, 6.45) is 6.23. The number of aromatic nitrogens is 5. The Kier molecular flexibility index (Phi) is 3.53. The minimum Gasteiger partial charge on any atom is -0.454 e. The summed E-state index contributed by atoms with van der Waals surface area (Å²) in [7, 11) is 0. The van der Waals surface area contributed by atoms with E-state index >= 15 is 0 Å². The Morgan fingerprint density at radius 3 is 2.50 bits per heavy atom. The van der Waals surface area contributed by atoms with Crippen LogP contribution in [0.3, 0.4) is 0 Å². The molecule has 6 heterocycles. The Morgan fingerprint density at radius 2 is 1.61 bits per heavy atom. The molecule has 8 heteroatoms. The zero-order valence-electron chi connectivity index (χ0n) is 20.2. The molecule has 1 spiro atoms. The number of hydrogen-bond acceptors (Lipinski definition) is 5. The molecular formula is C30H19N5O3+2. The molecule has 6 aromatic rings. The molecule has 0 N–H and O–H groups in total. The first-order chi connectivity index (χ1) is 18.7. The minimum absolute atomic E-state index is 0.417. The van der Waals surface area contributed by atoms with Gasteiger partial charge in [-0.3, -0.25) is 0 Å². The van der Waals surface area contributed by atoms with Crippen LogP contribution in [0.2, 0.25) is 0 Å². The fourth-order valence-corrected chi connectivity index (χ4v) is 6.21. The predicted octanol–water partition coefficient (Wildman–Crippen LogP) is 4.90. The second-order valence-electron chi connectivity index (χ2n) is 9.66. The molecule has 0 fully saturated rings. The van der Waals surface area contributed by atoms with Crippen molar-refractivity contribution < 1.29 is 23.1 Å². The molecule has 8 nitrogen and oxygen atoms in total. The van der Waals surface area contributed by atoms with Crippen LogP contribution in [0.1, 0.15) is 16.7 Å². The van der Waals surface area contributed by atoms with Gasteiger partial charge in [-0.25, -0.2) is 0 Å². The van der Waals surface area contributed by atoms with Crippen LogP contribution in [0.15, 0.2) is 102 Å². The van der Waals surface area contributed by atoms with Crippen molar-refractivity contribution in [2.24, 2.45) is 0 Å². The fourth-order valence-electron chi connectivity index (χ4n) is 6.21. The largest absolute Gasteiger partial charge is 0.454 e. The summed E-state index contributed by atoms with van der Waals surface area (Å²) < 4.78 is 26.0. The van der Waals surface area contributed by atoms with Gasteiger partial charge in [0.15, 0.2) is 28.8 Å². The van der Waals surface area contributed by atoms with Crippen LogP contribution >= 0.6 is 0 Å². The maximum absolute atomic E-state index is 6.76. The van der Waals surface area contributed by atoms with E-state index in [-0.39, 0.29) is 0 Å². The van der Waals surface area contributed by atoms with Gasteiger partial charge in [-0.05, 0) is 53.6 Å². The first-order valence-electron chi connectivity index (χ1n) is 12.4. The SMILES string of the molecule is Cc1cc2c3c(c1-c1nnc(-c4ccccc4)o1)Oc1cccc4c1C3([n+]1ccccc1O4)[n+]1cccn1-2. The Bertz CT molecular complexity index is 1960. The highest BCUT2D eigenvalue weighted by atomic mass is 16.5. The Labute approximate surface area is 216 Å². The number of ether oxygens (including phenoxy) is 2. The van der Waals surface area contributed by atoms with Gasteiger partial charge >= 0.3 is 11.5 Å².